The van der Waals surface area contributed by atoms with Gasteiger partial charge in [0.05, 0.1) is 24.8 Å². The molecule has 0 radical (unpaired) electrons. The van der Waals surface area contributed by atoms with Crippen LogP contribution in [0, 0.1) is 0 Å². The second-order valence-corrected chi connectivity index (χ2v) is 7.43. The standard InChI is InChI=1S/C17H22N4O3/c1-17(2,3)16-19-6-10(7-20-16)15-18-4-5-21(15)11-8-23-14-12(22)9-24-13(11)14/h4-7,11-14,22H,8-9H2,1-3H3/t11-,12-,13-,14-/m1/s1. The Morgan fingerprint density at radius 2 is 1.79 bits per heavy atom. The minimum Gasteiger partial charge on any atom is -0.388 e. The molecule has 0 spiro atoms. The average molecular weight is 330 g/mol. The van der Waals surface area contributed by atoms with Gasteiger partial charge in [0, 0.05) is 30.2 Å². The molecule has 1 N–H and O–H groups in total. The molecule has 0 amide bonds. The monoisotopic (exact) mass is 330 g/mol. The molecule has 2 aliphatic heterocycles. The molecular weight excluding hydrogens is 308 g/mol. The smallest absolute Gasteiger partial charge is 0.143 e. The number of nitrogens with zero attached hydrogens (tertiary/aromatic N) is 4. The number of aliphatic hydroxyl groups is 1. The van der Waals surface area contributed by atoms with Gasteiger partial charge < -0.3 is 19.1 Å². The first-order valence-electron chi connectivity index (χ1n) is 8.22. The summed E-state index contributed by atoms with van der Waals surface area (Å²) >= 11 is 0. The van der Waals surface area contributed by atoms with Gasteiger partial charge in [0.2, 0.25) is 0 Å². The molecule has 7 heteroatoms. The number of hydrogen-bond donors (Lipinski definition) is 1. The highest BCUT2D eigenvalue weighted by atomic mass is 16.6. The molecule has 128 valence electrons. The molecule has 7 nitrogen and oxygen atoms in total. The summed E-state index contributed by atoms with van der Waals surface area (Å²) in [6, 6.07) is -0.00746. The molecule has 0 saturated carbocycles. The lowest BCUT2D eigenvalue weighted by Crippen LogP contribution is -2.30. The van der Waals surface area contributed by atoms with E-state index in [-0.39, 0.29) is 23.7 Å². The zero-order chi connectivity index (χ0) is 16.9. The SMILES string of the molecule is CC(C)(C)c1ncc(-c2nccn2[C@@H]2CO[C@H]3[C@@H]2OC[C@H]3O)cn1. The Balaban J connectivity index is 1.64. The molecule has 0 bridgehead atoms. The second kappa shape index (κ2) is 5.61. The fraction of sp³-hybridized carbons (Fsp3) is 0.588. The van der Waals surface area contributed by atoms with Gasteiger partial charge in [-0.2, -0.15) is 0 Å². The van der Waals surface area contributed by atoms with Gasteiger partial charge in [-0.3, -0.25) is 0 Å². The van der Waals surface area contributed by atoms with Crippen molar-refractivity contribution in [2.45, 2.75) is 50.5 Å². The highest BCUT2D eigenvalue weighted by Gasteiger charge is 2.48. The van der Waals surface area contributed by atoms with E-state index in [1.807, 2.05) is 23.2 Å². The molecule has 2 aromatic heterocycles. The van der Waals surface area contributed by atoms with Crippen molar-refractivity contribution in [2.24, 2.45) is 0 Å². The van der Waals surface area contributed by atoms with Crippen LogP contribution in [-0.4, -0.2) is 56.2 Å². The minimum absolute atomic E-state index is 0.00746. The molecule has 2 aliphatic rings. The molecule has 0 aromatic carbocycles. The fourth-order valence-electron chi connectivity index (χ4n) is 3.33. The summed E-state index contributed by atoms with van der Waals surface area (Å²) in [5.41, 5.74) is 0.767. The van der Waals surface area contributed by atoms with Crippen molar-refractivity contribution in [3.63, 3.8) is 0 Å². The lowest BCUT2D eigenvalue weighted by atomic mass is 9.96. The van der Waals surface area contributed by atoms with Crippen LogP contribution in [0.2, 0.25) is 0 Å². The van der Waals surface area contributed by atoms with Crippen LogP contribution >= 0.6 is 0 Å². The molecule has 2 saturated heterocycles. The Bertz CT molecular complexity index is 722. The fourth-order valence-corrected chi connectivity index (χ4v) is 3.33. The first-order chi connectivity index (χ1) is 11.4. The molecule has 0 unspecified atom stereocenters. The van der Waals surface area contributed by atoms with Crippen LogP contribution in [0.1, 0.15) is 32.6 Å². The Morgan fingerprint density at radius 3 is 2.50 bits per heavy atom. The maximum Gasteiger partial charge on any atom is 0.143 e. The number of aromatic nitrogens is 4. The van der Waals surface area contributed by atoms with E-state index >= 15 is 0 Å². The van der Waals surface area contributed by atoms with Gasteiger partial charge in [-0.1, -0.05) is 20.8 Å². The molecule has 2 aromatic rings. The summed E-state index contributed by atoms with van der Waals surface area (Å²) in [5.74, 6) is 1.59. The van der Waals surface area contributed by atoms with Gasteiger partial charge in [-0.15, -0.1) is 0 Å². The topological polar surface area (TPSA) is 82.3 Å². The Kier molecular flexibility index (Phi) is 3.67. The maximum atomic E-state index is 9.91. The number of ether oxygens (including phenoxy) is 2. The van der Waals surface area contributed by atoms with E-state index in [4.69, 9.17) is 9.47 Å². The quantitative estimate of drug-likeness (QED) is 0.895. The molecule has 4 atom stereocenters. The van der Waals surface area contributed by atoms with Crippen LogP contribution in [0.5, 0.6) is 0 Å². The van der Waals surface area contributed by atoms with Gasteiger partial charge in [-0.25, -0.2) is 15.0 Å². The molecule has 24 heavy (non-hydrogen) atoms. The molecular formula is C17H22N4O3. The second-order valence-electron chi connectivity index (χ2n) is 7.43. The zero-order valence-corrected chi connectivity index (χ0v) is 14.1. The van der Waals surface area contributed by atoms with Crippen molar-refractivity contribution >= 4 is 0 Å². The summed E-state index contributed by atoms with van der Waals surface area (Å²) in [4.78, 5) is 13.4. The van der Waals surface area contributed by atoms with E-state index in [0.29, 0.717) is 13.2 Å². The van der Waals surface area contributed by atoms with Crippen molar-refractivity contribution in [1.29, 1.82) is 0 Å². The molecule has 4 rings (SSSR count). The first-order valence-corrected chi connectivity index (χ1v) is 8.22. The number of aliphatic hydroxyl groups excluding tert-OH is 1. The normalized spacial score (nSPS) is 29.8. The van der Waals surface area contributed by atoms with E-state index in [2.05, 4.69) is 35.7 Å². The number of hydrogen-bond acceptors (Lipinski definition) is 6. The van der Waals surface area contributed by atoms with Crippen molar-refractivity contribution in [2.75, 3.05) is 13.2 Å². The van der Waals surface area contributed by atoms with Crippen LogP contribution in [-0.2, 0) is 14.9 Å². The van der Waals surface area contributed by atoms with E-state index in [0.717, 1.165) is 17.2 Å². The average Bonchev–Trinajstić information content (AvgIpc) is 3.24. The van der Waals surface area contributed by atoms with Gasteiger partial charge in [-0.05, 0) is 0 Å². The van der Waals surface area contributed by atoms with Crippen molar-refractivity contribution < 1.29 is 14.6 Å². The van der Waals surface area contributed by atoms with E-state index in [9.17, 15) is 5.11 Å². The lowest BCUT2D eigenvalue weighted by Gasteiger charge is -2.20. The van der Waals surface area contributed by atoms with E-state index in [1.165, 1.54) is 0 Å². The van der Waals surface area contributed by atoms with Crippen molar-refractivity contribution in [1.82, 2.24) is 19.5 Å². The number of imidazole rings is 1. The summed E-state index contributed by atoms with van der Waals surface area (Å²) in [7, 11) is 0. The predicted octanol–water partition coefficient (Wildman–Crippen LogP) is 1.34. The lowest BCUT2D eigenvalue weighted by molar-refractivity contribution is 0.0172. The van der Waals surface area contributed by atoms with Crippen LogP contribution < -0.4 is 0 Å². The molecule has 4 heterocycles. The summed E-state index contributed by atoms with van der Waals surface area (Å²) in [5, 5.41) is 9.91. The first kappa shape index (κ1) is 15.7. The third-order valence-corrected chi connectivity index (χ3v) is 4.61. The highest BCUT2D eigenvalue weighted by molar-refractivity contribution is 5.53. The van der Waals surface area contributed by atoms with Gasteiger partial charge in [0.15, 0.2) is 0 Å². The van der Waals surface area contributed by atoms with Crippen LogP contribution in [0.25, 0.3) is 11.4 Å². The van der Waals surface area contributed by atoms with Crippen LogP contribution in [0.3, 0.4) is 0 Å². The Hall–Kier alpha value is -1.83. The van der Waals surface area contributed by atoms with Crippen molar-refractivity contribution in [3.8, 4) is 11.4 Å². The third-order valence-electron chi connectivity index (χ3n) is 4.61. The molecule has 2 fully saturated rings. The summed E-state index contributed by atoms with van der Waals surface area (Å²) < 4.78 is 13.5. The third kappa shape index (κ3) is 2.53. The Labute approximate surface area is 140 Å². The largest absolute Gasteiger partial charge is 0.388 e. The molecule has 0 aliphatic carbocycles. The van der Waals surface area contributed by atoms with Gasteiger partial charge >= 0.3 is 0 Å². The van der Waals surface area contributed by atoms with E-state index < -0.39 is 6.10 Å². The van der Waals surface area contributed by atoms with Crippen molar-refractivity contribution in [3.05, 3.63) is 30.6 Å². The summed E-state index contributed by atoms with van der Waals surface area (Å²) in [6.45, 7) is 7.07. The zero-order valence-electron chi connectivity index (χ0n) is 14.1. The van der Waals surface area contributed by atoms with Crippen LogP contribution in [0.4, 0.5) is 0 Å². The Morgan fingerprint density at radius 1 is 1.08 bits per heavy atom. The predicted molar refractivity (Wildman–Crippen MR) is 86.5 cm³/mol. The maximum absolute atomic E-state index is 9.91. The number of fused-ring (bicyclic) bond motifs is 1. The highest BCUT2D eigenvalue weighted by Crippen LogP contribution is 2.36. The minimum atomic E-state index is -0.554. The van der Waals surface area contributed by atoms with E-state index in [1.54, 1.807) is 6.20 Å². The van der Waals surface area contributed by atoms with Gasteiger partial charge in [0.25, 0.3) is 0 Å². The van der Waals surface area contributed by atoms with Gasteiger partial charge in [0.1, 0.15) is 30.0 Å². The summed E-state index contributed by atoms with van der Waals surface area (Å²) in [6.07, 6.45) is 6.32. The van der Waals surface area contributed by atoms with Crippen LogP contribution in [0.15, 0.2) is 24.8 Å². The number of rotatable bonds is 2.